The van der Waals surface area contributed by atoms with Crippen molar-refractivity contribution in [1.82, 2.24) is 0 Å². The number of aliphatic hydroxyl groups is 9. The van der Waals surface area contributed by atoms with Gasteiger partial charge in [-0.3, -0.25) is 14.4 Å². The number of alkyl halides is 1. The summed E-state index contributed by atoms with van der Waals surface area (Å²) in [5.41, 5.74) is 10.9. The molecule has 4 saturated heterocycles. The van der Waals surface area contributed by atoms with Crippen molar-refractivity contribution in [2.45, 2.75) is 230 Å². The molecule has 4 aliphatic heterocycles. The Kier molecular flexibility index (Phi) is 73.9. The van der Waals surface area contributed by atoms with Gasteiger partial charge in [0, 0.05) is 45.1 Å². The monoisotopic (exact) mass is 2000 g/mol. The molecule has 23 nitrogen and oxygen atoms in total. The summed E-state index contributed by atoms with van der Waals surface area (Å²) >= 11 is 14.3. The van der Waals surface area contributed by atoms with E-state index in [9.17, 15) is 39.9 Å². The third-order valence-corrected chi connectivity index (χ3v) is 14.0. The molecule has 4 rings (SSSR count). The molecule has 523 valence electrons. The van der Waals surface area contributed by atoms with E-state index < -0.39 is 86.6 Å². The summed E-state index contributed by atoms with van der Waals surface area (Å²) in [6, 6.07) is -2.07. The van der Waals surface area contributed by atoms with Crippen LogP contribution in [0.2, 0.25) is 0 Å². The molecule has 0 aromatic heterocycles. The minimum atomic E-state index is -1.35. The van der Waals surface area contributed by atoms with Crippen LogP contribution in [-0.2, 0) is 71.4 Å². The van der Waals surface area contributed by atoms with Crippen molar-refractivity contribution in [3.63, 3.8) is 0 Å². The van der Waals surface area contributed by atoms with Gasteiger partial charge in [0.1, 0.15) is 49.3 Å². The second-order valence-electron chi connectivity index (χ2n) is 20.4. The second kappa shape index (κ2) is 61.8. The third-order valence-electron chi connectivity index (χ3n) is 14.0. The Morgan fingerprint density at radius 2 is 0.884 bits per heavy atom. The molecular formula is C55H115I6N2O21V2. The average molecular weight is 2000 g/mol. The number of hydrogen-bond donors (Lipinski definition) is 11. The number of carbonyl (C=O) groups is 3. The molecule has 0 aromatic carbocycles. The zero-order chi connectivity index (χ0) is 66.7. The average Bonchev–Trinajstić information content (AvgIpc) is 3.02. The number of halogens is 6. The van der Waals surface area contributed by atoms with Crippen LogP contribution in [0.4, 0.5) is 0 Å². The van der Waals surface area contributed by atoms with Crippen LogP contribution < -0.4 is 11.5 Å². The van der Waals surface area contributed by atoms with Crippen LogP contribution in [0, 0.1) is 47.3 Å². The first-order valence-electron chi connectivity index (χ1n) is 27.9. The number of aliphatic hydroxyl groups excluding tert-OH is 9. The molecule has 0 aromatic rings. The van der Waals surface area contributed by atoms with Gasteiger partial charge in [0.15, 0.2) is 18.9 Å². The SMILES string of the molecule is C.C.CC.CC(=O)OCC(C)CO.CC(=O)OCC(O)COC1OC(CO)C(O)C(O)C1N.CCC1OC(C)C(C)C(C)C1C.CCC1OC(OCC(C)COC(C)=O)C(C)C(C)C1C.CI.NC1C(O)OC(CO)C(O)C1O.[I][V]([I])[I].[I][V][I]. The number of carbonyl (C=O) groups excluding carboxylic acids is 3. The van der Waals surface area contributed by atoms with E-state index in [0.717, 1.165) is 24.7 Å². The van der Waals surface area contributed by atoms with E-state index in [-0.39, 0.29) is 75.8 Å². The van der Waals surface area contributed by atoms with Crippen molar-refractivity contribution >= 4 is 140 Å². The predicted octanol–water partition coefficient (Wildman–Crippen LogP) is 7.73. The number of esters is 3. The number of hydrogen-bond acceptors (Lipinski definition) is 23. The van der Waals surface area contributed by atoms with Gasteiger partial charge in [-0.05, 0) is 54.3 Å². The van der Waals surface area contributed by atoms with Crippen LogP contribution in [0.5, 0.6) is 0 Å². The molecule has 0 radical (unpaired) electrons. The summed E-state index contributed by atoms with van der Waals surface area (Å²) in [4.78, 5) is 33.2. The van der Waals surface area contributed by atoms with Gasteiger partial charge in [0.25, 0.3) is 0 Å². The van der Waals surface area contributed by atoms with Gasteiger partial charge in [-0.1, -0.05) is 121 Å². The van der Waals surface area contributed by atoms with E-state index in [1.165, 1.54) is 20.8 Å². The Morgan fingerprint density at radius 3 is 1.28 bits per heavy atom. The van der Waals surface area contributed by atoms with Crippen molar-refractivity contribution in [3.8, 4) is 0 Å². The fourth-order valence-corrected chi connectivity index (χ4v) is 8.10. The quantitative estimate of drug-likeness (QED) is 0.0287. The van der Waals surface area contributed by atoms with Crippen LogP contribution in [0.1, 0.15) is 138 Å². The van der Waals surface area contributed by atoms with E-state index in [1.54, 1.807) is 0 Å². The minimum absolute atomic E-state index is 0. The first kappa shape index (κ1) is 103. The molecule has 0 amide bonds. The van der Waals surface area contributed by atoms with Crippen LogP contribution in [0.15, 0.2) is 0 Å². The Labute approximate surface area is 597 Å². The molecule has 23 unspecified atom stereocenters. The molecule has 4 heterocycles. The predicted molar refractivity (Wildman–Crippen MR) is 380 cm³/mol. The first-order valence-corrected chi connectivity index (χ1v) is 52.6. The Hall–Kier alpha value is 3.28. The van der Waals surface area contributed by atoms with E-state index in [1.807, 2.05) is 32.6 Å². The van der Waals surface area contributed by atoms with E-state index in [2.05, 4.69) is 194 Å². The van der Waals surface area contributed by atoms with Crippen LogP contribution >= 0.6 is 122 Å². The summed E-state index contributed by atoms with van der Waals surface area (Å²) in [5.74, 6) is 2.93. The molecular weight excluding hydrogens is 1890 g/mol. The molecule has 0 saturated carbocycles. The zero-order valence-electron chi connectivity index (χ0n) is 52.1. The van der Waals surface area contributed by atoms with E-state index in [4.69, 9.17) is 65.1 Å². The van der Waals surface area contributed by atoms with Crippen LogP contribution in [0.25, 0.3) is 0 Å². The molecule has 0 bridgehead atoms. The van der Waals surface area contributed by atoms with Gasteiger partial charge in [-0.25, -0.2) is 0 Å². The van der Waals surface area contributed by atoms with Crippen molar-refractivity contribution in [2.75, 3.05) is 57.8 Å². The Balaban J connectivity index is -0.000000177. The van der Waals surface area contributed by atoms with Crippen LogP contribution in [-0.4, -0.2) is 214 Å². The van der Waals surface area contributed by atoms with Crippen molar-refractivity contribution in [3.05, 3.63) is 0 Å². The summed E-state index contributed by atoms with van der Waals surface area (Å²) < 4.78 is 47.2. The zero-order valence-corrected chi connectivity index (χ0v) is 67.8. The fraction of sp³-hybridized carbons (Fsp3) is 0.945. The van der Waals surface area contributed by atoms with Gasteiger partial charge in [-0.15, -0.1) is 0 Å². The van der Waals surface area contributed by atoms with E-state index >= 15 is 0 Å². The van der Waals surface area contributed by atoms with Gasteiger partial charge in [0.2, 0.25) is 0 Å². The maximum atomic E-state index is 10.8. The Morgan fingerprint density at radius 1 is 0.535 bits per heavy atom. The number of nitrogens with two attached hydrogens (primary N) is 2. The molecule has 4 aliphatic rings. The Bertz CT molecular complexity index is 1490. The maximum absolute atomic E-state index is 10.8. The molecule has 13 N–H and O–H groups in total. The fourth-order valence-electron chi connectivity index (χ4n) is 8.10. The summed E-state index contributed by atoms with van der Waals surface area (Å²) in [6.07, 6.45) is -7.46. The van der Waals surface area contributed by atoms with Gasteiger partial charge < -0.3 is 100 Å². The summed E-state index contributed by atoms with van der Waals surface area (Å²) in [7, 11) is 0.628. The van der Waals surface area contributed by atoms with Gasteiger partial charge in [-0.2, -0.15) is 0 Å². The standard InChI is InChI=1S/C16H30O4.C11H21NO8.C11H22O.C6H13NO5.C6H12O3.C2H6.CH3I.2CH4.5HI.2V/c1-7-15-12(4)11(3)13(5)16(20-15)19-9-10(2)8-18-14(6)17;1-5(14)18-3-6(15)4-19-11-8(12)10(17)9(16)7(2-13)20-11;1-6-11-9(4)7(2)8(3)10(5)12-11;7-3-5(10)4(9)2(1-8)12-6(3)11;1-5(3-7)4-9-6(2)8;2*1-2;;;;;;;;;/h10-13,15-16H,7-9H2,1-6H3;6-11,13,15-17H,2-4,12H2,1H3;7-11H,6H2,1-5H3;2-6,8-11H,1,7H2;5,7H,3-4H2,1-2H3;1-2H3;1H3;2*1H4;5*1H;;/q;;;;;;;;;;;;;;+2;+3/p-5. The van der Waals surface area contributed by atoms with Gasteiger partial charge in [0.05, 0.1) is 70.0 Å². The topological polar surface area (TPSA) is 368 Å². The number of ether oxygens (including phenoxy) is 9. The normalized spacial score (nSPS) is 32.4. The summed E-state index contributed by atoms with van der Waals surface area (Å²) in [6.45, 7) is 32.0. The van der Waals surface area contributed by atoms with Gasteiger partial charge >= 0.3 is 132 Å². The first-order chi connectivity index (χ1) is 39.2. The number of rotatable bonds is 17. The summed E-state index contributed by atoms with van der Waals surface area (Å²) in [5, 5.41) is 82.3. The molecule has 0 aliphatic carbocycles. The van der Waals surface area contributed by atoms with Crippen molar-refractivity contribution < 1.29 is 117 Å². The molecule has 31 heteroatoms. The van der Waals surface area contributed by atoms with E-state index in [0.29, 0.717) is 65.2 Å². The molecule has 86 heavy (non-hydrogen) atoms. The third kappa shape index (κ3) is 46.4. The molecule has 0 spiro atoms. The van der Waals surface area contributed by atoms with Crippen molar-refractivity contribution in [2.24, 2.45) is 58.8 Å². The molecule has 23 atom stereocenters. The second-order valence-corrected chi connectivity index (χ2v) is 67.5. The van der Waals surface area contributed by atoms with Crippen LogP contribution in [0.3, 0.4) is 0 Å². The van der Waals surface area contributed by atoms with Crippen molar-refractivity contribution in [1.29, 1.82) is 0 Å². The molecule has 4 fully saturated rings.